The van der Waals surface area contributed by atoms with Gasteiger partial charge in [0, 0.05) is 29.2 Å². The smallest absolute Gasteiger partial charge is 0.306 e. The van der Waals surface area contributed by atoms with Gasteiger partial charge in [-0.05, 0) is 49.9 Å². The molecule has 0 bridgehead atoms. The molecule has 9 nitrogen and oxygen atoms in total. The summed E-state index contributed by atoms with van der Waals surface area (Å²) in [5, 5.41) is 5.73. The minimum Gasteiger partial charge on any atom is -0.493 e. The molecule has 1 aromatic heterocycles. The van der Waals surface area contributed by atoms with Crippen LogP contribution in [-0.2, 0) is 22.4 Å². The standard InChI is InChI=1S/C28H34N2O7/c1-28(2)12-11-17-13-16(7-9-21(17)37-28)14-20-24(27(32)30-29-20)19(15-23(31)34-4)18-8-10-22(33-3)26(36-6)25(18)35-5/h7-10,13,19H,11-12,14-15H2,1-6H3,(H2,29,30,32)/t19-/m1/s1. The molecule has 37 heavy (non-hydrogen) atoms. The number of H-pyrrole nitrogens is 2. The molecule has 2 N–H and O–H groups in total. The second kappa shape index (κ2) is 10.6. The fraction of sp³-hybridized carbons (Fsp3) is 0.429. The fourth-order valence-corrected chi connectivity index (χ4v) is 4.95. The summed E-state index contributed by atoms with van der Waals surface area (Å²) in [7, 11) is 5.87. The van der Waals surface area contributed by atoms with Crippen LogP contribution in [0, 0.1) is 0 Å². The number of aromatic amines is 2. The van der Waals surface area contributed by atoms with E-state index in [9.17, 15) is 9.59 Å². The summed E-state index contributed by atoms with van der Waals surface area (Å²) in [6.07, 6.45) is 2.23. The number of carbonyl (C=O) groups is 1. The summed E-state index contributed by atoms with van der Waals surface area (Å²) in [4.78, 5) is 25.6. The summed E-state index contributed by atoms with van der Waals surface area (Å²) >= 11 is 0. The summed E-state index contributed by atoms with van der Waals surface area (Å²) in [6, 6.07) is 9.61. The van der Waals surface area contributed by atoms with Gasteiger partial charge >= 0.3 is 5.97 Å². The highest BCUT2D eigenvalue weighted by atomic mass is 16.5. The highest BCUT2D eigenvalue weighted by Gasteiger charge is 2.31. The van der Waals surface area contributed by atoms with Crippen LogP contribution in [0.25, 0.3) is 0 Å². The zero-order valence-electron chi connectivity index (χ0n) is 22.2. The molecule has 0 saturated heterocycles. The first-order valence-electron chi connectivity index (χ1n) is 12.2. The third-order valence-corrected chi connectivity index (χ3v) is 6.84. The molecule has 3 aromatic rings. The Kier molecular flexibility index (Phi) is 7.52. The fourth-order valence-electron chi connectivity index (χ4n) is 4.95. The number of hydrogen-bond acceptors (Lipinski definition) is 7. The molecule has 198 valence electrons. The van der Waals surface area contributed by atoms with E-state index in [4.69, 9.17) is 23.7 Å². The number of rotatable bonds is 9. The topological polar surface area (TPSA) is 112 Å². The molecule has 0 radical (unpaired) electrons. The van der Waals surface area contributed by atoms with Crippen molar-refractivity contribution in [3.8, 4) is 23.0 Å². The summed E-state index contributed by atoms with van der Waals surface area (Å²) < 4.78 is 27.7. The highest BCUT2D eigenvalue weighted by molar-refractivity contribution is 5.72. The largest absolute Gasteiger partial charge is 0.493 e. The van der Waals surface area contributed by atoms with E-state index in [-0.39, 0.29) is 17.6 Å². The first kappa shape index (κ1) is 26.2. The van der Waals surface area contributed by atoms with Gasteiger partial charge in [-0.15, -0.1) is 0 Å². The summed E-state index contributed by atoms with van der Waals surface area (Å²) in [6.45, 7) is 4.18. The van der Waals surface area contributed by atoms with E-state index in [0.29, 0.717) is 40.5 Å². The van der Waals surface area contributed by atoms with Gasteiger partial charge in [0.05, 0.1) is 34.9 Å². The van der Waals surface area contributed by atoms with Crippen LogP contribution >= 0.6 is 0 Å². The molecule has 1 atom stereocenters. The molecule has 0 spiro atoms. The summed E-state index contributed by atoms with van der Waals surface area (Å²) in [5.41, 5.74) is 3.38. The Morgan fingerprint density at radius 2 is 1.78 bits per heavy atom. The Morgan fingerprint density at radius 1 is 1.03 bits per heavy atom. The predicted octanol–water partition coefficient (Wildman–Crippen LogP) is 4.12. The number of carbonyl (C=O) groups excluding carboxylic acids is 1. The van der Waals surface area contributed by atoms with Gasteiger partial charge in [-0.1, -0.05) is 18.2 Å². The van der Waals surface area contributed by atoms with Crippen molar-refractivity contribution in [2.75, 3.05) is 28.4 Å². The Bertz CT molecular complexity index is 1340. The minimum atomic E-state index is -0.658. The minimum absolute atomic E-state index is 0.0661. The van der Waals surface area contributed by atoms with Crippen LogP contribution in [0.3, 0.4) is 0 Å². The van der Waals surface area contributed by atoms with Gasteiger partial charge in [-0.25, -0.2) is 0 Å². The Morgan fingerprint density at radius 3 is 2.46 bits per heavy atom. The number of esters is 1. The molecular formula is C28H34N2O7. The quantitative estimate of drug-likeness (QED) is 0.417. The van der Waals surface area contributed by atoms with Gasteiger partial charge in [-0.2, -0.15) is 0 Å². The molecule has 1 aliphatic rings. The second-order valence-corrected chi connectivity index (χ2v) is 9.71. The number of fused-ring (bicyclic) bond motifs is 1. The van der Waals surface area contributed by atoms with Crippen molar-refractivity contribution in [3.05, 3.63) is 68.6 Å². The highest BCUT2D eigenvalue weighted by Crippen LogP contribution is 2.45. The van der Waals surface area contributed by atoms with E-state index in [1.54, 1.807) is 12.1 Å². The van der Waals surface area contributed by atoms with Crippen molar-refractivity contribution >= 4 is 5.97 Å². The number of methoxy groups -OCH3 is 4. The van der Waals surface area contributed by atoms with Crippen molar-refractivity contribution in [2.45, 2.75) is 51.0 Å². The van der Waals surface area contributed by atoms with Crippen molar-refractivity contribution in [3.63, 3.8) is 0 Å². The van der Waals surface area contributed by atoms with E-state index < -0.39 is 11.9 Å². The third-order valence-electron chi connectivity index (χ3n) is 6.84. The van der Waals surface area contributed by atoms with Gasteiger partial charge in [0.1, 0.15) is 11.4 Å². The van der Waals surface area contributed by atoms with Gasteiger partial charge in [0.25, 0.3) is 5.56 Å². The average molecular weight is 511 g/mol. The number of benzene rings is 2. The lowest BCUT2D eigenvalue weighted by atomic mass is 9.86. The maximum atomic E-state index is 13.1. The molecule has 1 aliphatic heterocycles. The zero-order valence-corrected chi connectivity index (χ0v) is 22.2. The average Bonchev–Trinajstić information content (AvgIpc) is 3.25. The molecule has 0 fully saturated rings. The molecule has 0 saturated carbocycles. The Labute approximate surface area is 216 Å². The number of aryl methyl sites for hydroxylation is 1. The molecule has 0 amide bonds. The van der Waals surface area contributed by atoms with Crippen molar-refractivity contribution in [2.24, 2.45) is 0 Å². The van der Waals surface area contributed by atoms with Gasteiger partial charge in [0.15, 0.2) is 11.5 Å². The van der Waals surface area contributed by atoms with Gasteiger partial charge < -0.3 is 28.8 Å². The van der Waals surface area contributed by atoms with Gasteiger partial charge in [-0.3, -0.25) is 14.7 Å². The van der Waals surface area contributed by atoms with Crippen LogP contribution in [0.15, 0.2) is 35.1 Å². The third kappa shape index (κ3) is 5.30. The maximum Gasteiger partial charge on any atom is 0.306 e. The van der Waals surface area contributed by atoms with E-state index in [1.165, 1.54) is 28.4 Å². The van der Waals surface area contributed by atoms with E-state index >= 15 is 0 Å². The monoisotopic (exact) mass is 510 g/mol. The number of hydrogen-bond donors (Lipinski definition) is 2. The van der Waals surface area contributed by atoms with E-state index in [0.717, 1.165) is 29.7 Å². The van der Waals surface area contributed by atoms with E-state index in [2.05, 4.69) is 30.1 Å². The Hall–Kier alpha value is -3.88. The zero-order chi connectivity index (χ0) is 26.7. The summed E-state index contributed by atoms with van der Waals surface area (Å²) in [5.74, 6) is 1.01. The lowest BCUT2D eigenvalue weighted by Gasteiger charge is -2.32. The second-order valence-electron chi connectivity index (χ2n) is 9.71. The molecule has 2 aromatic carbocycles. The van der Waals surface area contributed by atoms with Crippen LogP contribution in [0.4, 0.5) is 0 Å². The SMILES string of the molecule is COC(=O)C[C@H](c1ccc(OC)c(OC)c1OC)c1c(Cc2ccc3c(c2)CCC(C)(C)O3)[nH][nH]c1=O. The molecule has 2 heterocycles. The van der Waals surface area contributed by atoms with E-state index in [1.807, 2.05) is 12.1 Å². The molecule has 0 unspecified atom stereocenters. The first-order valence-corrected chi connectivity index (χ1v) is 12.2. The molecule has 4 rings (SSSR count). The first-order chi connectivity index (χ1) is 17.7. The molecular weight excluding hydrogens is 476 g/mol. The lowest BCUT2D eigenvalue weighted by Crippen LogP contribution is -2.32. The van der Waals surface area contributed by atoms with Crippen LogP contribution in [0.2, 0.25) is 0 Å². The predicted molar refractivity (Wildman–Crippen MR) is 138 cm³/mol. The van der Waals surface area contributed by atoms with Crippen molar-refractivity contribution < 1.29 is 28.5 Å². The van der Waals surface area contributed by atoms with Crippen LogP contribution in [-0.4, -0.2) is 50.2 Å². The van der Waals surface area contributed by atoms with Crippen molar-refractivity contribution in [1.82, 2.24) is 10.2 Å². The molecule has 9 heteroatoms. The number of ether oxygens (including phenoxy) is 5. The number of aromatic nitrogens is 2. The molecule has 0 aliphatic carbocycles. The van der Waals surface area contributed by atoms with Crippen LogP contribution in [0.1, 0.15) is 60.6 Å². The maximum absolute atomic E-state index is 13.1. The van der Waals surface area contributed by atoms with Crippen LogP contribution in [0.5, 0.6) is 23.0 Å². The lowest BCUT2D eigenvalue weighted by molar-refractivity contribution is -0.140. The van der Waals surface area contributed by atoms with Crippen molar-refractivity contribution in [1.29, 1.82) is 0 Å². The van der Waals surface area contributed by atoms with Gasteiger partial charge in [0.2, 0.25) is 5.75 Å². The Balaban J connectivity index is 1.78. The number of nitrogens with one attached hydrogen (secondary N) is 2. The normalized spacial score (nSPS) is 14.8. The van der Waals surface area contributed by atoms with Crippen LogP contribution < -0.4 is 24.5 Å².